The van der Waals surface area contributed by atoms with E-state index in [0.717, 1.165) is 29.7 Å². The van der Waals surface area contributed by atoms with E-state index in [0.29, 0.717) is 5.41 Å². The molecule has 3 aliphatic heterocycles. The zero-order chi connectivity index (χ0) is 17.4. The summed E-state index contributed by atoms with van der Waals surface area (Å²) in [5.41, 5.74) is 0.523. The molecule has 0 spiro atoms. The van der Waals surface area contributed by atoms with Crippen LogP contribution in [0, 0.1) is 29.1 Å². The average Bonchev–Trinajstić information content (AvgIpc) is 3.15. The minimum Gasteiger partial charge on any atom is -0.317 e. The molecule has 3 saturated heterocycles. The lowest BCUT2D eigenvalue weighted by Crippen LogP contribution is -2.46. The Morgan fingerprint density at radius 3 is 2.04 bits per heavy atom. The third-order valence-corrected chi connectivity index (χ3v) is 8.05. The number of fused-ring (bicyclic) bond motifs is 1. The lowest BCUT2D eigenvalue weighted by molar-refractivity contribution is 0.100. The maximum Gasteiger partial charge on any atom is 0.0120 e. The van der Waals surface area contributed by atoms with Crippen molar-refractivity contribution in [3.63, 3.8) is 0 Å². The van der Waals surface area contributed by atoms with Crippen LogP contribution in [0.2, 0.25) is 0 Å². The Kier molecular flexibility index (Phi) is 5.46. The number of rotatable bonds is 3. The summed E-state index contributed by atoms with van der Waals surface area (Å²) in [6, 6.07) is 0.892. The van der Waals surface area contributed by atoms with Gasteiger partial charge in [0.25, 0.3) is 0 Å². The Hall–Kier alpha value is -0.120. The van der Waals surface area contributed by atoms with Crippen molar-refractivity contribution in [3.05, 3.63) is 0 Å². The molecule has 25 heavy (non-hydrogen) atoms. The highest BCUT2D eigenvalue weighted by Gasteiger charge is 2.45. The second-order valence-electron chi connectivity index (χ2n) is 10.7. The molecule has 0 aromatic heterocycles. The lowest BCUT2D eigenvalue weighted by atomic mass is 9.79. The van der Waals surface area contributed by atoms with Crippen molar-refractivity contribution >= 4 is 0 Å². The predicted octanol–water partition coefficient (Wildman–Crippen LogP) is 3.45. The van der Waals surface area contributed by atoms with Gasteiger partial charge < -0.3 is 10.2 Å². The number of piperidine rings is 2. The number of nitrogens with zero attached hydrogens (tertiary/aromatic N) is 2. The van der Waals surface area contributed by atoms with Crippen LogP contribution < -0.4 is 5.32 Å². The van der Waals surface area contributed by atoms with Gasteiger partial charge in [-0.05, 0) is 93.8 Å². The van der Waals surface area contributed by atoms with Crippen molar-refractivity contribution in [1.29, 1.82) is 0 Å². The number of nitrogens with one attached hydrogen (secondary N) is 1. The van der Waals surface area contributed by atoms with Gasteiger partial charge in [0, 0.05) is 25.7 Å². The van der Waals surface area contributed by atoms with Gasteiger partial charge in [-0.3, -0.25) is 4.90 Å². The predicted molar refractivity (Wildman–Crippen MR) is 106 cm³/mol. The topological polar surface area (TPSA) is 18.5 Å². The van der Waals surface area contributed by atoms with Gasteiger partial charge in [-0.2, -0.15) is 0 Å². The standard InChI is InChI=1S/C22H41N3/c1-22(2,3)20-12-18-15-25(16-19(18)13-20)21-6-10-24(11-7-21)14-17-4-8-23-9-5-17/h17-21,23H,4-16H2,1-3H3. The third kappa shape index (κ3) is 4.25. The van der Waals surface area contributed by atoms with E-state index < -0.39 is 0 Å². The molecule has 2 unspecified atom stereocenters. The van der Waals surface area contributed by atoms with E-state index in [2.05, 4.69) is 35.9 Å². The molecule has 0 amide bonds. The Morgan fingerprint density at radius 2 is 1.48 bits per heavy atom. The van der Waals surface area contributed by atoms with E-state index in [9.17, 15) is 0 Å². The van der Waals surface area contributed by atoms with Crippen LogP contribution in [0.4, 0.5) is 0 Å². The molecule has 1 N–H and O–H groups in total. The van der Waals surface area contributed by atoms with Crippen LogP contribution in [-0.4, -0.2) is 61.7 Å². The van der Waals surface area contributed by atoms with Crippen molar-refractivity contribution in [1.82, 2.24) is 15.1 Å². The van der Waals surface area contributed by atoms with Crippen molar-refractivity contribution in [2.45, 2.75) is 65.3 Å². The molecule has 4 fully saturated rings. The van der Waals surface area contributed by atoms with E-state index in [-0.39, 0.29) is 0 Å². The molecule has 1 aliphatic carbocycles. The number of hydrogen-bond donors (Lipinski definition) is 1. The smallest absolute Gasteiger partial charge is 0.0120 e. The van der Waals surface area contributed by atoms with Gasteiger partial charge in [0.2, 0.25) is 0 Å². The van der Waals surface area contributed by atoms with Crippen LogP contribution in [0.25, 0.3) is 0 Å². The van der Waals surface area contributed by atoms with E-state index in [1.165, 1.54) is 84.3 Å². The zero-order valence-corrected chi connectivity index (χ0v) is 17.0. The molecule has 0 radical (unpaired) electrons. The summed E-state index contributed by atoms with van der Waals surface area (Å²) in [5, 5.41) is 3.50. The maximum atomic E-state index is 3.50. The highest BCUT2D eigenvalue weighted by Crippen LogP contribution is 2.49. The van der Waals surface area contributed by atoms with Gasteiger partial charge in [-0.25, -0.2) is 0 Å². The van der Waals surface area contributed by atoms with Gasteiger partial charge >= 0.3 is 0 Å². The Balaban J connectivity index is 1.21. The summed E-state index contributed by atoms with van der Waals surface area (Å²) < 4.78 is 0. The fraction of sp³-hybridized carbons (Fsp3) is 1.00. The first-order chi connectivity index (χ1) is 12.0. The average molecular weight is 348 g/mol. The van der Waals surface area contributed by atoms with Crippen LogP contribution in [0.1, 0.15) is 59.3 Å². The van der Waals surface area contributed by atoms with Gasteiger partial charge in [0.05, 0.1) is 0 Å². The zero-order valence-electron chi connectivity index (χ0n) is 17.0. The van der Waals surface area contributed by atoms with Crippen molar-refractivity contribution in [2.24, 2.45) is 29.1 Å². The second-order valence-corrected chi connectivity index (χ2v) is 10.7. The minimum absolute atomic E-state index is 0.523. The fourth-order valence-electron chi connectivity index (χ4n) is 6.24. The summed E-state index contributed by atoms with van der Waals surface area (Å²) in [5.74, 6) is 3.95. The summed E-state index contributed by atoms with van der Waals surface area (Å²) in [6.07, 6.45) is 8.63. The van der Waals surface area contributed by atoms with Crippen LogP contribution in [0.5, 0.6) is 0 Å². The summed E-state index contributed by atoms with van der Waals surface area (Å²) in [6.45, 7) is 16.7. The first kappa shape index (κ1) is 18.3. The summed E-state index contributed by atoms with van der Waals surface area (Å²) in [7, 11) is 0. The molecule has 0 aromatic rings. The highest BCUT2D eigenvalue weighted by molar-refractivity contribution is 4.97. The maximum absolute atomic E-state index is 3.50. The molecular formula is C22H41N3. The quantitative estimate of drug-likeness (QED) is 0.843. The number of likely N-dealkylation sites (tertiary alicyclic amines) is 2. The summed E-state index contributed by atoms with van der Waals surface area (Å²) in [4.78, 5) is 5.68. The first-order valence-corrected chi connectivity index (χ1v) is 11.2. The molecule has 144 valence electrons. The molecule has 4 rings (SSSR count). The van der Waals surface area contributed by atoms with Gasteiger partial charge in [-0.1, -0.05) is 20.8 Å². The SMILES string of the molecule is CC(C)(C)C1CC2CN(C3CCN(CC4CCNCC4)CC3)CC2C1. The number of hydrogen-bond acceptors (Lipinski definition) is 3. The largest absolute Gasteiger partial charge is 0.317 e. The van der Waals surface area contributed by atoms with E-state index in [4.69, 9.17) is 0 Å². The minimum atomic E-state index is 0.523. The normalized spacial score (nSPS) is 36.8. The van der Waals surface area contributed by atoms with E-state index >= 15 is 0 Å². The van der Waals surface area contributed by atoms with E-state index in [1.807, 2.05) is 0 Å². The molecule has 4 aliphatic rings. The van der Waals surface area contributed by atoms with Crippen LogP contribution in [0.15, 0.2) is 0 Å². The van der Waals surface area contributed by atoms with Crippen molar-refractivity contribution in [2.75, 3.05) is 45.8 Å². The van der Waals surface area contributed by atoms with Gasteiger partial charge in [0.1, 0.15) is 0 Å². The van der Waals surface area contributed by atoms with Gasteiger partial charge in [0.15, 0.2) is 0 Å². The van der Waals surface area contributed by atoms with Crippen molar-refractivity contribution < 1.29 is 0 Å². The summed E-state index contributed by atoms with van der Waals surface area (Å²) >= 11 is 0. The van der Waals surface area contributed by atoms with Crippen LogP contribution in [-0.2, 0) is 0 Å². The molecule has 2 atom stereocenters. The molecular weight excluding hydrogens is 306 g/mol. The van der Waals surface area contributed by atoms with Gasteiger partial charge in [-0.15, -0.1) is 0 Å². The van der Waals surface area contributed by atoms with Crippen molar-refractivity contribution in [3.8, 4) is 0 Å². The first-order valence-electron chi connectivity index (χ1n) is 11.2. The molecule has 1 saturated carbocycles. The second kappa shape index (κ2) is 7.48. The monoisotopic (exact) mass is 347 g/mol. The fourth-order valence-corrected chi connectivity index (χ4v) is 6.24. The van der Waals surface area contributed by atoms with Crippen LogP contribution >= 0.6 is 0 Å². The Morgan fingerprint density at radius 1 is 0.880 bits per heavy atom. The Bertz CT molecular complexity index is 415. The molecule has 0 aromatic carbocycles. The van der Waals surface area contributed by atoms with E-state index in [1.54, 1.807) is 0 Å². The lowest BCUT2D eigenvalue weighted by Gasteiger charge is -2.39. The molecule has 0 bridgehead atoms. The van der Waals surface area contributed by atoms with Crippen LogP contribution in [0.3, 0.4) is 0 Å². The molecule has 3 heteroatoms. The highest BCUT2D eigenvalue weighted by atomic mass is 15.2. The third-order valence-electron chi connectivity index (χ3n) is 8.05. The molecule has 3 heterocycles. The Labute approximate surface area is 155 Å². The molecule has 3 nitrogen and oxygen atoms in total.